The van der Waals surface area contributed by atoms with E-state index < -0.39 is 0 Å². The van der Waals surface area contributed by atoms with Gasteiger partial charge in [-0.1, -0.05) is 12.1 Å². The molecule has 1 N–H and O–H groups in total. The van der Waals surface area contributed by atoms with Crippen LogP contribution in [0.25, 0.3) is 0 Å². The van der Waals surface area contributed by atoms with Crippen LogP contribution in [0, 0.1) is 0 Å². The molecule has 20 heavy (non-hydrogen) atoms. The molecule has 0 atom stereocenters. The molecule has 0 aliphatic carbocycles. The van der Waals surface area contributed by atoms with Gasteiger partial charge in [0, 0.05) is 17.5 Å². The second-order valence-corrected chi connectivity index (χ2v) is 6.87. The molecule has 0 spiro atoms. The first-order valence-electron chi connectivity index (χ1n) is 6.91. The number of carbonyl (C=O) groups excluding carboxylic acids is 1. The van der Waals surface area contributed by atoms with Gasteiger partial charge in [0.15, 0.2) is 18.1 Å². The summed E-state index contributed by atoms with van der Waals surface area (Å²) in [5.74, 6) is 1.27. The number of hydrogen-bond acceptors (Lipinski definition) is 3. The highest BCUT2D eigenvalue weighted by Crippen LogP contribution is 2.41. The largest absolute Gasteiger partial charge is 0.483 e. The Bertz CT molecular complexity index is 515. The number of ether oxygens (including phenoxy) is 2. The van der Waals surface area contributed by atoms with Crippen LogP contribution in [0.1, 0.15) is 40.2 Å². The van der Waals surface area contributed by atoms with Crippen LogP contribution >= 0.6 is 0 Å². The van der Waals surface area contributed by atoms with Crippen molar-refractivity contribution in [2.75, 3.05) is 6.61 Å². The van der Waals surface area contributed by atoms with Gasteiger partial charge in [0.1, 0.15) is 5.60 Å². The molecule has 0 saturated heterocycles. The Hall–Kier alpha value is -1.71. The predicted molar refractivity (Wildman–Crippen MR) is 78.2 cm³/mol. The van der Waals surface area contributed by atoms with Crippen molar-refractivity contribution in [2.24, 2.45) is 0 Å². The summed E-state index contributed by atoms with van der Waals surface area (Å²) in [5.41, 5.74) is 0.663. The van der Waals surface area contributed by atoms with Gasteiger partial charge in [-0.2, -0.15) is 0 Å². The van der Waals surface area contributed by atoms with Crippen molar-refractivity contribution in [3.05, 3.63) is 23.8 Å². The van der Waals surface area contributed by atoms with E-state index in [1.807, 2.05) is 52.8 Å². The lowest BCUT2D eigenvalue weighted by Gasteiger charge is -2.21. The minimum absolute atomic E-state index is 0.00247. The highest BCUT2D eigenvalue weighted by Gasteiger charge is 2.32. The average molecular weight is 277 g/mol. The van der Waals surface area contributed by atoms with Crippen molar-refractivity contribution in [3.63, 3.8) is 0 Å². The number of amides is 1. The molecular formula is C16H23NO3. The van der Waals surface area contributed by atoms with Crippen LogP contribution in [0.2, 0.25) is 0 Å². The molecule has 1 aliphatic rings. The maximum absolute atomic E-state index is 11.8. The maximum atomic E-state index is 11.8. The fraction of sp³-hybridized carbons (Fsp3) is 0.562. The molecule has 4 heteroatoms. The Morgan fingerprint density at radius 3 is 2.75 bits per heavy atom. The van der Waals surface area contributed by atoms with E-state index in [2.05, 4.69) is 5.32 Å². The van der Waals surface area contributed by atoms with E-state index in [1.54, 1.807) is 0 Å². The van der Waals surface area contributed by atoms with Crippen LogP contribution in [-0.4, -0.2) is 23.7 Å². The molecule has 1 amide bonds. The minimum Gasteiger partial charge on any atom is -0.483 e. The summed E-state index contributed by atoms with van der Waals surface area (Å²) in [4.78, 5) is 11.8. The van der Waals surface area contributed by atoms with E-state index in [9.17, 15) is 4.79 Å². The Morgan fingerprint density at radius 2 is 2.10 bits per heavy atom. The molecule has 0 bridgehead atoms. The molecule has 1 aliphatic heterocycles. The van der Waals surface area contributed by atoms with Crippen molar-refractivity contribution in [1.29, 1.82) is 0 Å². The van der Waals surface area contributed by atoms with Crippen molar-refractivity contribution >= 4 is 5.91 Å². The second kappa shape index (κ2) is 5.00. The molecule has 4 nitrogen and oxygen atoms in total. The normalized spacial score (nSPS) is 16.2. The van der Waals surface area contributed by atoms with Crippen LogP contribution in [0.3, 0.4) is 0 Å². The van der Waals surface area contributed by atoms with Crippen molar-refractivity contribution < 1.29 is 14.3 Å². The molecule has 2 rings (SSSR count). The van der Waals surface area contributed by atoms with Gasteiger partial charge in [0.2, 0.25) is 0 Å². The Kier molecular flexibility index (Phi) is 3.67. The van der Waals surface area contributed by atoms with Gasteiger partial charge in [0.05, 0.1) is 0 Å². The molecule has 0 aromatic heterocycles. The number of nitrogens with one attached hydrogen (secondary N) is 1. The van der Waals surface area contributed by atoms with Gasteiger partial charge < -0.3 is 14.8 Å². The lowest BCUT2D eigenvalue weighted by atomic mass is 10.0. The SMILES string of the molecule is CC(C)(C)NC(=O)COc1cccc2c1OC(C)(C)C2. The topological polar surface area (TPSA) is 47.6 Å². The Balaban J connectivity index is 2.02. The van der Waals surface area contributed by atoms with E-state index >= 15 is 0 Å². The smallest absolute Gasteiger partial charge is 0.258 e. The lowest BCUT2D eigenvalue weighted by molar-refractivity contribution is -0.124. The van der Waals surface area contributed by atoms with Gasteiger partial charge >= 0.3 is 0 Å². The zero-order chi connectivity index (χ0) is 15.0. The molecule has 0 fully saturated rings. The number of para-hydroxylation sites is 1. The quantitative estimate of drug-likeness (QED) is 0.924. The Labute approximate surface area is 120 Å². The summed E-state index contributed by atoms with van der Waals surface area (Å²) in [5, 5.41) is 2.87. The van der Waals surface area contributed by atoms with Gasteiger partial charge in [-0.25, -0.2) is 0 Å². The zero-order valence-electron chi connectivity index (χ0n) is 12.9. The van der Waals surface area contributed by atoms with E-state index in [-0.39, 0.29) is 23.7 Å². The monoisotopic (exact) mass is 277 g/mol. The van der Waals surface area contributed by atoms with Crippen molar-refractivity contribution in [2.45, 2.75) is 52.2 Å². The first-order valence-corrected chi connectivity index (χ1v) is 6.91. The third-order valence-electron chi connectivity index (χ3n) is 2.93. The number of benzene rings is 1. The van der Waals surface area contributed by atoms with E-state index in [4.69, 9.17) is 9.47 Å². The highest BCUT2D eigenvalue weighted by atomic mass is 16.5. The maximum Gasteiger partial charge on any atom is 0.258 e. The van der Waals surface area contributed by atoms with Crippen LogP contribution < -0.4 is 14.8 Å². The Morgan fingerprint density at radius 1 is 1.40 bits per heavy atom. The number of fused-ring (bicyclic) bond motifs is 1. The number of carbonyl (C=O) groups is 1. The predicted octanol–water partition coefficient (Wildman–Crippen LogP) is 2.69. The minimum atomic E-state index is -0.252. The average Bonchev–Trinajstić information content (AvgIpc) is 2.58. The molecule has 1 heterocycles. The number of rotatable bonds is 3. The van der Waals surface area contributed by atoms with Crippen LogP contribution in [0.15, 0.2) is 18.2 Å². The fourth-order valence-electron chi connectivity index (χ4n) is 2.30. The first kappa shape index (κ1) is 14.7. The van der Waals surface area contributed by atoms with Gasteiger partial charge in [-0.15, -0.1) is 0 Å². The summed E-state index contributed by atoms with van der Waals surface area (Å²) in [6.45, 7) is 9.91. The summed E-state index contributed by atoms with van der Waals surface area (Å²) in [7, 11) is 0. The summed E-state index contributed by atoms with van der Waals surface area (Å²) in [6, 6.07) is 5.80. The van der Waals surface area contributed by atoms with Gasteiger partial charge in [-0.05, 0) is 40.7 Å². The molecule has 0 radical (unpaired) electrons. The van der Waals surface area contributed by atoms with Gasteiger partial charge in [-0.3, -0.25) is 4.79 Å². The third-order valence-corrected chi connectivity index (χ3v) is 2.93. The molecular weight excluding hydrogens is 254 g/mol. The van der Waals surface area contributed by atoms with Crippen LogP contribution in [0.4, 0.5) is 0 Å². The van der Waals surface area contributed by atoms with Crippen LogP contribution in [-0.2, 0) is 11.2 Å². The number of hydrogen-bond donors (Lipinski definition) is 1. The van der Waals surface area contributed by atoms with E-state index in [1.165, 1.54) is 0 Å². The standard InChI is InChI=1S/C16H23NO3/c1-15(2,3)17-13(18)10-19-12-8-6-7-11-9-16(4,5)20-14(11)12/h6-8H,9-10H2,1-5H3,(H,17,18). The summed E-state index contributed by atoms with van der Waals surface area (Å²) in [6.07, 6.45) is 0.855. The van der Waals surface area contributed by atoms with Crippen molar-refractivity contribution in [1.82, 2.24) is 5.32 Å². The second-order valence-electron chi connectivity index (χ2n) is 6.87. The highest BCUT2D eigenvalue weighted by molar-refractivity contribution is 5.78. The van der Waals surface area contributed by atoms with E-state index in [0.717, 1.165) is 17.7 Å². The zero-order valence-corrected chi connectivity index (χ0v) is 12.9. The van der Waals surface area contributed by atoms with E-state index in [0.29, 0.717) is 5.75 Å². The fourth-order valence-corrected chi connectivity index (χ4v) is 2.30. The summed E-state index contributed by atoms with van der Waals surface area (Å²) >= 11 is 0. The van der Waals surface area contributed by atoms with Crippen molar-refractivity contribution in [3.8, 4) is 11.5 Å². The van der Waals surface area contributed by atoms with Gasteiger partial charge in [0.25, 0.3) is 5.91 Å². The summed E-state index contributed by atoms with van der Waals surface area (Å²) < 4.78 is 11.5. The molecule has 1 aromatic rings. The lowest BCUT2D eigenvalue weighted by Crippen LogP contribution is -2.43. The molecule has 110 valence electrons. The van der Waals surface area contributed by atoms with Crippen LogP contribution in [0.5, 0.6) is 11.5 Å². The first-order chi connectivity index (χ1) is 9.16. The molecule has 1 aromatic carbocycles. The molecule has 0 saturated carbocycles. The molecule has 0 unspecified atom stereocenters. The third kappa shape index (κ3) is 3.65.